The molecule has 0 radical (unpaired) electrons. The van der Waals surface area contributed by atoms with Gasteiger partial charge in [-0.05, 0) is 0 Å². The number of aromatic nitrogens is 3. The SMILES string of the molecule is O=S(=O)(Oc1cc2c(cn1)[nH]c1nccc(OS(=O)(=O)C(F)(F)F)c12)C(F)(F)F.[HH]. The molecule has 160 valence electrons. The highest BCUT2D eigenvalue weighted by Crippen LogP contribution is 2.36. The lowest BCUT2D eigenvalue weighted by atomic mass is 10.2. The molecule has 3 heterocycles. The van der Waals surface area contributed by atoms with Gasteiger partial charge in [0.15, 0.2) is 5.75 Å². The summed E-state index contributed by atoms with van der Waals surface area (Å²) in [6.45, 7) is 0. The van der Waals surface area contributed by atoms with E-state index in [-0.39, 0.29) is 18.0 Å². The number of fused-ring (bicyclic) bond motifs is 3. The maximum atomic E-state index is 12.6. The van der Waals surface area contributed by atoms with Gasteiger partial charge in [-0.3, -0.25) is 0 Å². The van der Waals surface area contributed by atoms with E-state index in [2.05, 4.69) is 23.3 Å². The van der Waals surface area contributed by atoms with E-state index in [4.69, 9.17) is 0 Å². The molecule has 0 amide bonds. The number of aromatic amines is 1. The van der Waals surface area contributed by atoms with Crippen LogP contribution in [-0.2, 0) is 20.2 Å². The molecule has 9 nitrogen and oxygen atoms in total. The standard InChI is InChI=1S/C12H5F6N3O6S2.H2/c13-11(14,15)28(22,23)26-7-1-2-19-10-9(7)5-3-8(20-4-6(5)21-10)27-29(24,25)12(16,17)18;/h1-4H,(H,19,21);1H. The zero-order valence-electron chi connectivity index (χ0n) is 13.2. The number of H-pyrrole nitrogens is 1. The van der Waals surface area contributed by atoms with Gasteiger partial charge >= 0.3 is 31.3 Å². The molecule has 0 bridgehead atoms. The van der Waals surface area contributed by atoms with Crippen molar-refractivity contribution in [2.45, 2.75) is 11.0 Å². The fraction of sp³-hybridized carbons (Fsp3) is 0.167. The summed E-state index contributed by atoms with van der Waals surface area (Å²) in [4.78, 5) is 9.59. The minimum absolute atomic E-state index is 0. The van der Waals surface area contributed by atoms with Crippen LogP contribution in [0.5, 0.6) is 11.6 Å². The highest BCUT2D eigenvalue weighted by Gasteiger charge is 2.49. The molecule has 0 aromatic carbocycles. The van der Waals surface area contributed by atoms with Crippen molar-refractivity contribution in [2.24, 2.45) is 0 Å². The van der Waals surface area contributed by atoms with E-state index >= 15 is 0 Å². The van der Waals surface area contributed by atoms with Crippen molar-refractivity contribution in [1.82, 2.24) is 15.0 Å². The number of hydrogen-bond donors (Lipinski definition) is 1. The molecule has 3 aromatic rings. The molecule has 0 unspecified atom stereocenters. The van der Waals surface area contributed by atoms with Crippen molar-refractivity contribution >= 4 is 42.2 Å². The molecular formula is C12H7F6N3O6S2. The summed E-state index contributed by atoms with van der Waals surface area (Å²) in [5.74, 6) is -1.95. The average Bonchev–Trinajstić information content (AvgIpc) is 2.91. The molecule has 3 rings (SSSR count). The highest BCUT2D eigenvalue weighted by atomic mass is 32.2. The van der Waals surface area contributed by atoms with Crippen molar-refractivity contribution < 1.29 is 53.0 Å². The van der Waals surface area contributed by atoms with E-state index in [1.54, 1.807) is 0 Å². The second kappa shape index (κ2) is 6.34. The number of alkyl halides is 6. The summed E-state index contributed by atoms with van der Waals surface area (Å²) < 4.78 is 128. The van der Waals surface area contributed by atoms with Crippen molar-refractivity contribution in [1.29, 1.82) is 0 Å². The lowest BCUT2D eigenvalue weighted by molar-refractivity contribution is -0.0505. The Morgan fingerprint density at radius 3 is 2.10 bits per heavy atom. The van der Waals surface area contributed by atoms with Crippen LogP contribution < -0.4 is 8.37 Å². The number of rotatable bonds is 4. The number of pyridine rings is 2. The van der Waals surface area contributed by atoms with Gasteiger partial charge in [0.2, 0.25) is 5.88 Å². The Balaban J connectivity index is 0.00000320. The Labute approximate surface area is 158 Å². The van der Waals surface area contributed by atoms with Crippen molar-refractivity contribution in [3.63, 3.8) is 0 Å². The first kappa shape index (κ1) is 20.9. The molecule has 0 aliphatic carbocycles. The summed E-state index contributed by atoms with van der Waals surface area (Å²) in [7, 11) is -12.2. The molecule has 29 heavy (non-hydrogen) atoms. The summed E-state index contributed by atoms with van der Waals surface area (Å²) in [5, 5.41) is -0.658. The number of nitrogens with one attached hydrogen (secondary N) is 1. The zero-order valence-corrected chi connectivity index (χ0v) is 14.9. The molecule has 0 atom stereocenters. The molecule has 1 N–H and O–H groups in total. The third-order valence-corrected chi connectivity index (χ3v) is 5.20. The molecule has 0 fully saturated rings. The number of nitrogens with zero attached hydrogens (tertiary/aromatic N) is 2. The lowest BCUT2D eigenvalue weighted by Gasteiger charge is -2.10. The van der Waals surface area contributed by atoms with Crippen molar-refractivity contribution in [2.75, 3.05) is 0 Å². The highest BCUT2D eigenvalue weighted by molar-refractivity contribution is 7.88. The van der Waals surface area contributed by atoms with Gasteiger partial charge in [-0.2, -0.15) is 43.2 Å². The predicted molar refractivity (Wildman–Crippen MR) is 84.7 cm³/mol. The first-order valence-electron chi connectivity index (χ1n) is 6.90. The van der Waals surface area contributed by atoms with Crippen LogP contribution in [0.15, 0.2) is 24.5 Å². The number of hydrogen-bond acceptors (Lipinski definition) is 8. The Morgan fingerprint density at radius 2 is 1.52 bits per heavy atom. The van der Waals surface area contributed by atoms with Gasteiger partial charge < -0.3 is 13.4 Å². The number of halogens is 6. The normalized spacial score (nSPS) is 13.7. The van der Waals surface area contributed by atoms with Crippen LogP contribution in [0.25, 0.3) is 21.9 Å². The summed E-state index contributed by atoms with van der Waals surface area (Å²) in [6, 6.07) is 1.39. The topological polar surface area (TPSA) is 128 Å². The Kier molecular flexibility index (Phi) is 4.57. The van der Waals surface area contributed by atoms with Crippen LogP contribution in [0.1, 0.15) is 1.43 Å². The van der Waals surface area contributed by atoms with E-state index in [0.717, 1.165) is 18.5 Å². The van der Waals surface area contributed by atoms with Gasteiger partial charge in [0, 0.05) is 25.1 Å². The van der Waals surface area contributed by atoms with E-state index in [0.29, 0.717) is 6.07 Å². The monoisotopic (exact) mass is 467 g/mol. The molecule has 0 saturated carbocycles. The third kappa shape index (κ3) is 3.74. The van der Waals surface area contributed by atoms with Crippen LogP contribution in [0, 0.1) is 0 Å². The van der Waals surface area contributed by atoms with Gasteiger partial charge in [-0.1, -0.05) is 0 Å². The maximum absolute atomic E-state index is 12.6. The summed E-state index contributed by atoms with van der Waals surface area (Å²) in [6.07, 6.45) is 1.71. The van der Waals surface area contributed by atoms with Crippen LogP contribution in [-0.4, -0.2) is 42.8 Å². The second-order valence-electron chi connectivity index (χ2n) is 5.19. The molecule has 0 aliphatic heterocycles. The third-order valence-electron chi connectivity index (χ3n) is 3.28. The first-order valence-corrected chi connectivity index (χ1v) is 9.72. The van der Waals surface area contributed by atoms with E-state index in [1.165, 1.54) is 0 Å². The quantitative estimate of drug-likeness (QED) is 0.353. The van der Waals surface area contributed by atoms with Crippen LogP contribution in [0.4, 0.5) is 26.3 Å². The summed E-state index contributed by atoms with van der Waals surface area (Å²) >= 11 is 0. The van der Waals surface area contributed by atoms with E-state index < -0.39 is 48.3 Å². The Bertz CT molecular complexity index is 1320. The van der Waals surface area contributed by atoms with Crippen LogP contribution in [0.3, 0.4) is 0 Å². The Morgan fingerprint density at radius 1 is 0.931 bits per heavy atom. The average molecular weight is 467 g/mol. The van der Waals surface area contributed by atoms with Crippen LogP contribution in [0.2, 0.25) is 0 Å². The fourth-order valence-corrected chi connectivity index (χ4v) is 2.99. The molecule has 0 aliphatic rings. The lowest BCUT2D eigenvalue weighted by Crippen LogP contribution is -2.28. The Hall–Kier alpha value is -2.82. The van der Waals surface area contributed by atoms with Gasteiger partial charge in [0.1, 0.15) is 5.65 Å². The van der Waals surface area contributed by atoms with E-state index in [9.17, 15) is 43.2 Å². The van der Waals surface area contributed by atoms with E-state index in [1.807, 2.05) is 0 Å². The first-order chi connectivity index (χ1) is 13.1. The molecule has 3 aromatic heterocycles. The van der Waals surface area contributed by atoms with Gasteiger partial charge in [0.05, 0.1) is 17.1 Å². The van der Waals surface area contributed by atoms with Gasteiger partial charge in [-0.15, -0.1) is 0 Å². The molecule has 17 heteroatoms. The fourth-order valence-electron chi connectivity index (χ4n) is 2.11. The zero-order chi connectivity index (χ0) is 21.8. The molecular weight excluding hydrogens is 460 g/mol. The summed E-state index contributed by atoms with van der Waals surface area (Å²) in [5.41, 5.74) is -11.8. The van der Waals surface area contributed by atoms with Crippen molar-refractivity contribution in [3.8, 4) is 11.6 Å². The molecule has 0 saturated heterocycles. The van der Waals surface area contributed by atoms with Crippen molar-refractivity contribution in [3.05, 3.63) is 24.5 Å². The second-order valence-corrected chi connectivity index (χ2v) is 8.27. The minimum atomic E-state index is -6.08. The predicted octanol–water partition coefficient (Wildman–Crippen LogP) is 2.81. The smallest absolute Gasteiger partial charge is 0.375 e. The maximum Gasteiger partial charge on any atom is 0.534 e. The molecule has 0 spiro atoms. The largest absolute Gasteiger partial charge is 0.534 e. The van der Waals surface area contributed by atoms with Gasteiger partial charge in [0.25, 0.3) is 0 Å². The van der Waals surface area contributed by atoms with Gasteiger partial charge in [-0.25, -0.2) is 9.97 Å². The van der Waals surface area contributed by atoms with Crippen LogP contribution >= 0.6 is 0 Å². The minimum Gasteiger partial charge on any atom is -0.375 e.